The van der Waals surface area contributed by atoms with Crippen LogP contribution in [-0.4, -0.2) is 42.7 Å². The zero-order chi connectivity index (χ0) is 18.5. The molecule has 0 unspecified atom stereocenters. The molecule has 1 aliphatic rings. The van der Waals surface area contributed by atoms with Crippen molar-refractivity contribution in [2.45, 2.75) is 96.9 Å². The first-order chi connectivity index (χ1) is 11.9. The van der Waals surface area contributed by atoms with Gasteiger partial charge in [-0.3, -0.25) is 9.63 Å². The molecule has 0 aromatic heterocycles. The Hall–Kier alpha value is -1.10. The van der Waals surface area contributed by atoms with E-state index in [2.05, 4.69) is 12.2 Å². The standard InChI is InChI=1S/C20H38N2O3/c1-4-5-6-7-8-9-10-11-12-13-20(24)21-19-14-16-22(3,17-15-19)25-18(2)23/h19H,4-17H2,1-3H3/p+1. The number of likely N-dealkylation sites (tertiary alicyclic amines) is 1. The number of hydrogen-bond donors (Lipinski definition) is 1. The predicted octanol–water partition coefficient (Wildman–Crippen LogP) is 4.11. The van der Waals surface area contributed by atoms with Crippen LogP contribution in [0.15, 0.2) is 0 Å². The number of carbonyl (C=O) groups excluding carboxylic acids is 2. The summed E-state index contributed by atoms with van der Waals surface area (Å²) in [6.45, 7) is 5.23. The van der Waals surface area contributed by atoms with Crippen molar-refractivity contribution in [3.8, 4) is 0 Å². The lowest BCUT2D eigenvalue weighted by Crippen LogP contribution is -2.54. The first-order valence-electron chi connectivity index (χ1n) is 10.3. The van der Waals surface area contributed by atoms with Crippen LogP contribution in [0.25, 0.3) is 0 Å². The highest BCUT2D eigenvalue weighted by Gasteiger charge is 2.34. The van der Waals surface area contributed by atoms with E-state index in [9.17, 15) is 9.59 Å². The summed E-state index contributed by atoms with van der Waals surface area (Å²) in [5.41, 5.74) is 0. The van der Waals surface area contributed by atoms with Gasteiger partial charge in [0.2, 0.25) is 5.91 Å². The molecule has 0 bridgehead atoms. The minimum atomic E-state index is -0.240. The van der Waals surface area contributed by atoms with E-state index in [1.165, 1.54) is 51.9 Å². The Morgan fingerprint density at radius 3 is 2.00 bits per heavy atom. The summed E-state index contributed by atoms with van der Waals surface area (Å²) in [4.78, 5) is 28.5. The van der Waals surface area contributed by atoms with Gasteiger partial charge in [0, 0.05) is 32.2 Å². The van der Waals surface area contributed by atoms with E-state index in [4.69, 9.17) is 4.84 Å². The third kappa shape index (κ3) is 10.5. The predicted molar refractivity (Wildman–Crippen MR) is 101 cm³/mol. The number of piperidine rings is 1. The quantitative estimate of drug-likeness (QED) is 0.423. The average Bonchev–Trinajstić information content (AvgIpc) is 2.55. The van der Waals surface area contributed by atoms with Gasteiger partial charge in [0.15, 0.2) is 0 Å². The Labute approximate surface area is 154 Å². The first-order valence-corrected chi connectivity index (χ1v) is 10.3. The molecule has 1 saturated heterocycles. The molecule has 5 nitrogen and oxygen atoms in total. The van der Waals surface area contributed by atoms with Crippen LogP contribution < -0.4 is 5.32 Å². The highest BCUT2D eigenvalue weighted by molar-refractivity contribution is 5.76. The van der Waals surface area contributed by atoms with Crippen molar-refractivity contribution in [2.24, 2.45) is 0 Å². The van der Waals surface area contributed by atoms with Crippen molar-refractivity contribution in [2.75, 3.05) is 20.1 Å². The van der Waals surface area contributed by atoms with Crippen molar-refractivity contribution < 1.29 is 19.1 Å². The molecule has 1 amide bonds. The second kappa shape index (κ2) is 12.3. The third-order valence-electron chi connectivity index (χ3n) is 5.12. The van der Waals surface area contributed by atoms with Crippen LogP contribution in [0.3, 0.4) is 0 Å². The monoisotopic (exact) mass is 355 g/mol. The van der Waals surface area contributed by atoms with E-state index in [-0.39, 0.29) is 17.9 Å². The molecule has 0 saturated carbocycles. The number of rotatable bonds is 12. The molecule has 0 aromatic rings. The minimum Gasteiger partial charge on any atom is -0.353 e. The topological polar surface area (TPSA) is 55.4 Å². The van der Waals surface area contributed by atoms with Crippen LogP contribution in [0, 0.1) is 0 Å². The number of nitrogens with one attached hydrogen (secondary N) is 1. The fourth-order valence-electron chi connectivity index (χ4n) is 3.56. The Morgan fingerprint density at radius 2 is 1.48 bits per heavy atom. The van der Waals surface area contributed by atoms with Gasteiger partial charge < -0.3 is 5.32 Å². The molecule has 0 aromatic carbocycles. The van der Waals surface area contributed by atoms with E-state index in [0.29, 0.717) is 11.1 Å². The lowest BCUT2D eigenvalue weighted by atomic mass is 10.0. The summed E-state index contributed by atoms with van der Waals surface area (Å²) in [6, 6.07) is 0.229. The van der Waals surface area contributed by atoms with Crippen molar-refractivity contribution in [3.63, 3.8) is 0 Å². The van der Waals surface area contributed by atoms with Crippen LogP contribution in [0.4, 0.5) is 0 Å². The van der Waals surface area contributed by atoms with Crippen LogP contribution >= 0.6 is 0 Å². The Balaban J connectivity index is 2.01. The number of amides is 1. The molecule has 1 N–H and O–H groups in total. The summed E-state index contributed by atoms with van der Waals surface area (Å²) < 4.78 is 0.333. The Kier molecular flexibility index (Phi) is 10.8. The highest BCUT2D eigenvalue weighted by atomic mass is 16.7. The van der Waals surface area contributed by atoms with Gasteiger partial charge in [0.05, 0.1) is 0 Å². The maximum Gasteiger partial charge on any atom is 0.363 e. The Bertz CT molecular complexity index is 390. The van der Waals surface area contributed by atoms with Crippen molar-refractivity contribution >= 4 is 11.9 Å². The number of hydroxylamine groups is 3. The summed E-state index contributed by atoms with van der Waals surface area (Å²) in [5, 5.41) is 3.15. The van der Waals surface area contributed by atoms with Crippen molar-refractivity contribution in [3.05, 3.63) is 0 Å². The van der Waals surface area contributed by atoms with E-state index in [1.807, 2.05) is 7.05 Å². The molecule has 1 fully saturated rings. The summed E-state index contributed by atoms with van der Waals surface area (Å²) in [5.74, 6) is -0.0631. The normalized spacial score (nSPS) is 23.2. The molecule has 1 rings (SSSR count). The molecule has 1 heterocycles. The number of unbranched alkanes of at least 4 members (excludes halogenated alkanes) is 8. The van der Waals surface area contributed by atoms with E-state index < -0.39 is 0 Å². The molecule has 0 radical (unpaired) electrons. The maximum atomic E-state index is 12.1. The van der Waals surface area contributed by atoms with E-state index in [0.717, 1.165) is 38.8 Å². The lowest BCUT2D eigenvalue weighted by molar-refractivity contribution is -1.08. The fraction of sp³-hybridized carbons (Fsp3) is 0.900. The fourth-order valence-corrected chi connectivity index (χ4v) is 3.56. The molecular weight excluding hydrogens is 316 g/mol. The molecular formula is C20H39N2O3+. The van der Waals surface area contributed by atoms with Gasteiger partial charge in [0.1, 0.15) is 20.1 Å². The molecule has 1 aliphatic heterocycles. The molecule has 0 atom stereocenters. The molecule has 25 heavy (non-hydrogen) atoms. The van der Waals surface area contributed by atoms with Crippen molar-refractivity contribution in [1.29, 1.82) is 0 Å². The first kappa shape index (κ1) is 21.9. The minimum absolute atomic E-state index is 0.177. The average molecular weight is 356 g/mol. The lowest BCUT2D eigenvalue weighted by Gasteiger charge is -2.36. The zero-order valence-corrected chi connectivity index (χ0v) is 16.6. The Morgan fingerprint density at radius 1 is 0.960 bits per heavy atom. The van der Waals surface area contributed by atoms with Crippen LogP contribution in [-0.2, 0) is 14.4 Å². The second-order valence-electron chi connectivity index (χ2n) is 7.75. The highest BCUT2D eigenvalue weighted by Crippen LogP contribution is 2.18. The largest absolute Gasteiger partial charge is 0.363 e. The van der Waals surface area contributed by atoms with Gasteiger partial charge in [-0.25, -0.2) is 4.79 Å². The molecule has 0 aliphatic carbocycles. The number of quaternary nitrogens is 1. The third-order valence-corrected chi connectivity index (χ3v) is 5.12. The van der Waals surface area contributed by atoms with Gasteiger partial charge >= 0.3 is 5.97 Å². The molecule has 0 spiro atoms. The zero-order valence-electron chi connectivity index (χ0n) is 16.6. The second-order valence-corrected chi connectivity index (χ2v) is 7.75. The molecule has 146 valence electrons. The summed E-state index contributed by atoms with van der Waals surface area (Å²) >= 11 is 0. The maximum absolute atomic E-state index is 12.1. The van der Waals surface area contributed by atoms with E-state index >= 15 is 0 Å². The number of carbonyl (C=O) groups is 2. The van der Waals surface area contributed by atoms with Crippen LogP contribution in [0.2, 0.25) is 0 Å². The van der Waals surface area contributed by atoms with Gasteiger partial charge in [-0.2, -0.15) is 0 Å². The van der Waals surface area contributed by atoms with E-state index in [1.54, 1.807) is 0 Å². The van der Waals surface area contributed by atoms with Crippen molar-refractivity contribution in [1.82, 2.24) is 5.32 Å². The summed E-state index contributed by atoms with van der Waals surface area (Å²) in [6.07, 6.45) is 13.8. The number of hydrogen-bond acceptors (Lipinski definition) is 3. The van der Waals surface area contributed by atoms with Gasteiger partial charge in [-0.05, 0) is 6.42 Å². The number of nitrogens with zero attached hydrogens (tertiary/aromatic N) is 1. The smallest absolute Gasteiger partial charge is 0.353 e. The van der Waals surface area contributed by atoms with Crippen LogP contribution in [0.1, 0.15) is 90.9 Å². The van der Waals surface area contributed by atoms with Gasteiger partial charge in [-0.1, -0.05) is 58.3 Å². The molecule has 5 heteroatoms. The van der Waals surface area contributed by atoms with Crippen LogP contribution in [0.5, 0.6) is 0 Å². The SMILES string of the molecule is CCCCCCCCCCCC(=O)NC1CC[N+](C)(OC(C)=O)CC1. The van der Waals surface area contributed by atoms with Gasteiger partial charge in [-0.15, -0.1) is 4.65 Å². The summed E-state index contributed by atoms with van der Waals surface area (Å²) in [7, 11) is 1.93. The van der Waals surface area contributed by atoms with Gasteiger partial charge in [0.25, 0.3) is 0 Å².